The van der Waals surface area contributed by atoms with E-state index < -0.39 is 0 Å². The van der Waals surface area contributed by atoms with Crippen LogP contribution in [-0.4, -0.2) is 12.5 Å². The molecule has 0 saturated carbocycles. The van der Waals surface area contributed by atoms with Gasteiger partial charge >= 0.3 is 0 Å². The molecule has 19 heavy (non-hydrogen) atoms. The topological polar surface area (TPSA) is 29.1 Å². The number of carbonyl (C=O) groups excluding carboxylic acids is 1. The summed E-state index contributed by atoms with van der Waals surface area (Å²) in [6.45, 7) is 0.316. The zero-order valence-electron chi connectivity index (χ0n) is 10.2. The molecule has 94 valence electrons. The molecule has 0 fully saturated rings. The first-order chi connectivity index (χ1) is 9.25. The molecular formula is C16H12ClNO. The molecule has 2 nitrogen and oxygen atoms in total. The number of halogens is 1. The number of hydrogen-bond donors (Lipinski definition) is 1. The molecule has 2 aromatic rings. The Bertz CT molecular complexity index is 609. The van der Waals surface area contributed by atoms with E-state index in [1.54, 1.807) is 24.3 Å². The smallest absolute Gasteiger partial charge is 0.252 e. The van der Waals surface area contributed by atoms with E-state index in [1.165, 1.54) is 0 Å². The van der Waals surface area contributed by atoms with E-state index in [-0.39, 0.29) is 5.91 Å². The van der Waals surface area contributed by atoms with Crippen molar-refractivity contribution in [1.29, 1.82) is 0 Å². The molecule has 0 atom stereocenters. The second kappa shape index (κ2) is 6.63. The lowest BCUT2D eigenvalue weighted by Gasteiger charge is -2.00. The molecule has 2 aromatic carbocycles. The van der Waals surface area contributed by atoms with E-state index in [1.807, 2.05) is 30.3 Å². The number of carbonyl (C=O) groups is 1. The van der Waals surface area contributed by atoms with Gasteiger partial charge in [0.1, 0.15) is 0 Å². The summed E-state index contributed by atoms with van der Waals surface area (Å²) < 4.78 is 0. The maximum atomic E-state index is 11.7. The number of hydrogen-bond acceptors (Lipinski definition) is 1. The Morgan fingerprint density at radius 2 is 1.74 bits per heavy atom. The van der Waals surface area contributed by atoms with Crippen LogP contribution in [-0.2, 0) is 0 Å². The fourth-order valence-corrected chi connectivity index (χ4v) is 1.62. The van der Waals surface area contributed by atoms with Gasteiger partial charge in [0.15, 0.2) is 0 Å². The van der Waals surface area contributed by atoms with Crippen molar-refractivity contribution in [3.63, 3.8) is 0 Å². The molecule has 1 N–H and O–H groups in total. The van der Waals surface area contributed by atoms with Crippen molar-refractivity contribution in [2.45, 2.75) is 0 Å². The molecule has 0 spiro atoms. The van der Waals surface area contributed by atoms with Gasteiger partial charge < -0.3 is 5.32 Å². The van der Waals surface area contributed by atoms with Gasteiger partial charge in [-0.25, -0.2) is 0 Å². The fourth-order valence-electron chi connectivity index (χ4n) is 1.50. The molecular weight excluding hydrogens is 258 g/mol. The first kappa shape index (κ1) is 13.2. The number of rotatable bonds is 2. The minimum atomic E-state index is -0.119. The molecule has 0 saturated heterocycles. The third-order valence-corrected chi connectivity index (χ3v) is 2.70. The standard InChI is InChI=1S/C16H12ClNO/c17-15-10-8-13(9-11-15)5-4-12-18-16(19)14-6-2-1-3-7-14/h1-3,6-11H,12H2,(H,18,19). The maximum Gasteiger partial charge on any atom is 0.252 e. The average Bonchev–Trinajstić information content (AvgIpc) is 2.46. The Balaban J connectivity index is 1.87. The van der Waals surface area contributed by atoms with Crippen molar-refractivity contribution < 1.29 is 4.79 Å². The minimum absolute atomic E-state index is 0.119. The van der Waals surface area contributed by atoms with E-state index in [0.29, 0.717) is 17.1 Å². The Morgan fingerprint density at radius 3 is 2.42 bits per heavy atom. The van der Waals surface area contributed by atoms with Crippen molar-refractivity contribution in [3.8, 4) is 11.8 Å². The van der Waals surface area contributed by atoms with Crippen LogP contribution in [0.5, 0.6) is 0 Å². The molecule has 0 heterocycles. The predicted octanol–water partition coefficient (Wildman–Crippen LogP) is 3.12. The first-order valence-electron chi connectivity index (χ1n) is 5.83. The van der Waals surface area contributed by atoms with Crippen LogP contribution in [0.2, 0.25) is 5.02 Å². The summed E-state index contributed by atoms with van der Waals surface area (Å²) in [4.78, 5) is 11.7. The van der Waals surface area contributed by atoms with E-state index in [0.717, 1.165) is 5.56 Å². The van der Waals surface area contributed by atoms with Crippen molar-refractivity contribution in [2.75, 3.05) is 6.54 Å². The minimum Gasteiger partial charge on any atom is -0.341 e. The highest BCUT2D eigenvalue weighted by Gasteiger charge is 2.00. The summed E-state index contributed by atoms with van der Waals surface area (Å²) in [5, 5.41) is 3.43. The molecule has 1 amide bonds. The summed E-state index contributed by atoms with van der Waals surface area (Å²) in [7, 11) is 0. The van der Waals surface area contributed by atoms with Gasteiger partial charge in [0.05, 0.1) is 6.54 Å². The van der Waals surface area contributed by atoms with E-state index in [9.17, 15) is 4.79 Å². The van der Waals surface area contributed by atoms with Gasteiger partial charge in [-0.05, 0) is 36.4 Å². The lowest BCUT2D eigenvalue weighted by molar-refractivity contribution is 0.0958. The second-order valence-corrected chi connectivity index (χ2v) is 4.29. The maximum absolute atomic E-state index is 11.7. The van der Waals surface area contributed by atoms with Crippen LogP contribution < -0.4 is 5.32 Å². The van der Waals surface area contributed by atoms with Gasteiger partial charge in [-0.2, -0.15) is 0 Å². The third kappa shape index (κ3) is 4.17. The molecule has 0 aliphatic rings. The summed E-state index contributed by atoms with van der Waals surface area (Å²) in [5.74, 6) is 5.73. The SMILES string of the molecule is O=C(NCC#Cc1ccc(Cl)cc1)c1ccccc1. The fraction of sp³-hybridized carbons (Fsp3) is 0.0625. The highest BCUT2D eigenvalue weighted by atomic mass is 35.5. The summed E-state index contributed by atoms with van der Waals surface area (Å²) in [6.07, 6.45) is 0. The Hall–Kier alpha value is -2.24. The van der Waals surface area contributed by atoms with Crippen LogP contribution in [0.25, 0.3) is 0 Å². The van der Waals surface area contributed by atoms with Crippen molar-refractivity contribution >= 4 is 17.5 Å². The van der Waals surface area contributed by atoms with Gasteiger partial charge in [-0.3, -0.25) is 4.79 Å². The van der Waals surface area contributed by atoms with E-state index in [2.05, 4.69) is 17.2 Å². The third-order valence-electron chi connectivity index (χ3n) is 2.45. The first-order valence-corrected chi connectivity index (χ1v) is 6.21. The number of nitrogens with one attached hydrogen (secondary N) is 1. The Kier molecular flexibility index (Phi) is 4.60. The summed E-state index contributed by atoms with van der Waals surface area (Å²) >= 11 is 5.78. The Morgan fingerprint density at radius 1 is 1.05 bits per heavy atom. The van der Waals surface area contributed by atoms with Crippen LogP contribution in [0.1, 0.15) is 15.9 Å². The lowest BCUT2D eigenvalue weighted by atomic mass is 10.2. The van der Waals surface area contributed by atoms with Crippen molar-refractivity contribution in [1.82, 2.24) is 5.32 Å². The average molecular weight is 270 g/mol. The highest BCUT2D eigenvalue weighted by Crippen LogP contribution is 2.08. The van der Waals surface area contributed by atoms with Gasteiger partial charge in [0, 0.05) is 16.1 Å². The van der Waals surface area contributed by atoms with Crippen LogP contribution in [0, 0.1) is 11.8 Å². The van der Waals surface area contributed by atoms with Crippen LogP contribution in [0.15, 0.2) is 54.6 Å². The van der Waals surface area contributed by atoms with Gasteiger partial charge in [0.25, 0.3) is 5.91 Å². The summed E-state index contributed by atoms with van der Waals surface area (Å²) in [5.41, 5.74) is 1.51. The monoisotopic (exact) mass is 269 g/mol. The largest absolute Gasteiger partial charge is 0.341 e. The zero-order valence-corrected chi connectivity index (χ0v) is 10.9. The van der Waals surface area contributed by atoms with Gasteiger partial charge in [-0.1, -0.05) is 41.6 Å². The van der Waals surface area contributed by atoms with Crippen LogP contribution in [0.3, 0.4) is 0 Å². The molecule has 0 aliphatic heterocycles. The van der Waals surface area contributed by atoms with E-state index in [4.69, 9.17) is 11.6 Å². The molecule has 0 aliphatic carbocycles. The predicted molar refractivity (Wildman–Crippen MR) is 77.1 cm³/mol. The highest BCUT2D eigenvalue weighted by molar-refractivity contribution is 6.30. The molecule has 3 heteroatoms. The molecule has 2 rings (SSSR count). The van der Waals surface area contributed by atoms with E-state index >= 15 is 0 Å². The van der Waals surface area contributed by atoms with Crippen molar-refractivity contribution in [3.05, 3.63) is 70.7 Å². The number of amides is 1. The molecule has 0 unspecified atom stereocenters. The number of benzene rings is 2. The van der Waals surface area contributed by atoms with Gasteiger partial charge in [-0.15, -0.1) is 0 Å². The summed E-state index contributed by atoms with van der Waals surface area (Å²) in [6, 6.07) is 16.3. The van der Waals surface area contributed by atoms with Crippen LogP contribution >= 0.6 is 11.6 Å². The van der Waals surface area contributed by atoms with Crippen molar-refractivity contribution in [2.24, 2.45) is 0 Å². The van der Waals surface area contributed by atoms with Crippen LogP contribution in [0.4, 0.5) is 0 Å². The molecule has 0 bridgehead atoms. The van der Waals surface area contributed by atoms with Gasteiger partial charge in [0.2, 0.25) is 0 Å². The molecule has 0 aromatic heterocycles. The zero-order chi connectivity index (χ0) is 13.5. The lowest BCUT2D eigenvalue weighted by Crippen LogP contribution is -2.23. The normalized spacial score (nSPS) is 9.32. The molecule has 0 radical (unpaired) electrons. The Labute approximate surface area is 117 Å². The second-order valence-electron chi connectivity index (χ2n) is 3.86. The quantitative estimate of drug-likeness (QED) is 0.834.